The first-order valence-corrected chi connectivity index (χ1v) is 12.6. The first kappa shape index (κ1) is 25.4. The predicted molar refractivity (Wildman–Crippen MR) is 136 cm³/mol. The minimum absolute atomic E-state index is 0.00460. The van der Waals surface area contributed by atoms with Crippen molar-refractivity contribution in [1.29, 1.82) is 0 Å². The quantitative estimate of drug-likeness (QED) is 0.559. The maximum absolute atomic E-state index is 13.6. The number of hydrogen-bond donors (Lipinski definition) is 0. The molecule has 0 aliphatic carbocycles. The van der Waals surface area contributed by atoms with Gasteiger partial charge in [-0.1, -0.05) is 37.6 Å². The highest BCUT2D eigenvalue weighted by molar-refractivity contribution is 6.30. The van der Waals surface area contributed by atoms with E-state index in [9.17, 15) is 9.59 Å². The van der Waals surface area contributed by atoms with E-state index in [0.29, 0.717) is 37.7 Å². The Hall–Kier alpha value is -2.68. The molecule has 2 aromatic rings. The highest BCUT2D eigenvalue weighted by Crippen LogP contribution is 2.33. The number of amides is 2. The summed E-state index contributed by atoms with van der Waals surface area (Å²) in [7, 11) is 1.97. The van der Waals surface area contributed by atoms with Crippen molar-refractivity contribution in [2.24, 2.45) is 18.1 Å². The van der Waals surface area contributed by atoms with E-state index in [2.05, 4.69) is 4.90 Å². The molecule has 1 saturated heterocycles. The first-order chi connectivity index (χ1) is 16.8. The molecular weight excluding hydrogens is 466 g/mol. The Morgan fingerprint density at radius 1 is 1.17 bits per heavy atom. The Kier molecular flexibility index (Phi) is 8.26. The standard InChI is InChI=1S/C26H34ClN5O3/c1-19(2)26(34)31(12-11-30-13-15-35-16-14-30)18-25(33)32-24(20-6-8-21(27)9-7-20)17-22(28-32)23-5-4-10-29(23)3/h4-10,19,24H,11-18H2,1-3H3/t24-/m0/s1. The van der Waals surface area contributed by atoms with Crippen LogP contribution in [0.3, 0.4) is 0 Å². The molecule has 3 heterocycles. The van der Waals surface area contributed by atoms with E-state index < -0.39 is 0 Å². The number of ether oxygens (including phenoxy) is 1. The number of carbonyl (C=O) groups is 2. The third-order valence-electron chi connectivity index (χ3n) is 6.58. The summed E-state index contributed by atoms with van der Waals surface area (Å²) in [4.78, 5) is 30.6. The van der Waals surface area contributed by atoms with Gasteiger partial charge in [-0.2, -0.15) is 5.10 Å². The van der Waals surface area contributed by atoms with Crippen molar-refractivity contribution in [1.82, 2.24) is 19.4 Å². The lowest BCUT2D eigenvalue weighted by atomic mass is 10.0. The van der Waals surface area contributed by atoms with Crippen LogP contribution in [0.1, 0.15) is 37.6 Å². The number of halogens is 1. The number of morpholine rings is 1. The lowest BCUT2D eigenvalue weighted by Gasteiger charge is -2.31. The first-order valence-electron chi connectivity index (χ1n) is 12.2. The van der Waals surface area contributed by atoms with Gasteiger partial charge in [0.25, 0.3) is 5.91 Å². The monoisotopic (exact) mass is 499 g/mol. The second kappa shape index (κ2) is 11.4. The van der Waals surface area contributed by atoms with Gasteiger partial charge in [0.15, 0.2) is 0 Å². The van der Waals surface area contributed by atoms with Gasteiger partial charge in [-0.05, 0) is 29.8 Å². The Labute approximate surface area is 212 Å². The molecule has 0 bridgehead atoms. The summed E-state index contributed by atoms with van der Waals surface area (Å²) in [6, 6.07) is 11.3. The minimum Gasteiger partial charge on any atom is -0.379 e. The van der Waals surface area contributed by atoms with Gasteiger partial charge < -0.3 is 14.2 Å². The second-order valence-electron chi connectivity index (χ2n) is 9.43. The molecule has 0 spiro atoms. The number of hydrogen-bond acceptors (Lipinski definition) is 5. The SMILES string of the molecule is CC(C)C(=O)N(CCN1CCOCC1)CC(=O)N1N=C(c2cccn2C)C[C@H]1c1ccc(Cl)cc1. The van der Waals surface area contributed by atoms with Gasteiger partial charge in [0.05, 0.1) is 30.7 Å². The molecule has 1 atom stereocenters. The lowest BCUT2D eigenvalue weighted by Crippen LogP contribution is -2.47. The van der Waals surface area contributed by atoms with Crippen molar-refractivity contribution in [2.75, 3.05) is 45.9 Å². The van der Waals surface area contributed by atoms with E-state index >= 15 is 0 Å². The molecule has 0 saturated carbocycles. The molecule has 1 fully saturated rings. The van der Waals surface area contributed by atoms with Crippen LogP contribution in [0.2, 0.25) is 5.02 Å². The van der Waals surface area contributed by atoms with Gasteiger partial charge in [-0.15, -0.1) is 0 Å². The minimum atomic E-state index is -0.250. The van der Waals surface area contributed by atoms with E-state index in [1.54, 1.807) is 9.91 Å². The van der Waals surface area contributed by atoms with Crippen molar-refractivity contribution < 1.29 is 14.3 Å². The van der Waals surface area contributed by atoms with Crippen LogP contribution in [0.4, 0.5) is 0 Å². The summed E-state index contributed by atoms with van der Waals surface area (Å²) in [5.74, 6) is -0.411. The number of hydrazone groups is 1. The molecule has 4 rings (SSSR count). The fourth-order valence-electron chi connectivity index (χ4n) is 4.56. The predicted octanol–water partition coefficient (Wildman–Crippen LogP) is 3.17. The number of aromatic nitrogens is 1. The molecule has 2 aliphatic rings. The van der Waals surface area contributed by atoms with Gasteiger partial charge in [0, 0.05) is 56.8 Å². The van der Waals surface area contributed by atoms with Crippen molar-refractivity contribution >= 4 is 29.1 Å². The molecule has 1 aromatic carbocycles. The Morgan fingerprint density at radius 2 is 1.89 bits per heavy atom. The molecule has 2 aliphatic heterocycles. The second-order valence-corrected chi connectivity index (χ2v) is 9.87. The van der Waals surface area contributed by atoms with Gasteiger partial charge in [-0.25, -0.2) is 5.01 Å². The topological polar surface area (TPSA) is 70.4 Å². The van der Waals surface area contributed by atoms with Crippen LogP contribution >= 0.6 is 11.6 Å². The highest BCUT2D eigenvalue weighted by atomic mass is 35.5. The van der Waals surface area contributed by atoms with Gasteiger partial charge in [-0.3, -0.25) is 14.5 Å². The van der Waals surface area contributed by atoms with Crippen LogP contribution in [-0.2, 0) is 21.4 Å². The Morgan fingerprint density at radius 3 is 2.51 bits per heavy atom. The molecular formula is C26H34ClN5O3. The van der Waals surface area contributed by atoms with Crippen molar-refractivity contribution in [3.63, 3.8) is 0 Å². The van der Waals surface area contributed by atoms with Crippen LogP contribution in [0.15, 0.2) is 47.7 Å². The van der Waals surface area contributed by atoms with Crippen LogP contribution < -0.4 is 0 Å². The van der Waals surface area contributed by atoms with E-state index in [4.69, 9.17) is 21.4 Å². The fraction of sp³-hybridized carbons (Fsp3) is 0.500. The highest BCUT2D eigenvalue weighted by Gasteiger charge is 2.35. The third-order valence-corrected chi connectivity index (χ3v) is 6.83. The van der Waals surface area contributed by atoms with E-state index in [0.717, 1.165) is 30.1 Å². The number of carbonyl (C=O) groups excluding carboxylic acids is 2. The normalized spacial score (nSPS) is 18.7. The fourth-order valence-corrected chi connectivity index (χ4v) is 4.68. The number of aryl methyl sites for hydroxylation is 1. The van der Waals surface area contributed by atoms with Crippen LogP contribution in [0.25, 0.3) is 0 Å². The van der Waals surface area contributed by atoms with Gasteiger partial charge in [0.2, 0.25) is 5.91 Å². The molecule has 188 valence electrons. The van der Waals surface area contributed by atoms with Crippen molar-refractivity contribution in [3.05, 3.63) is 58.9 Å². The lowest BCUT2D eigenvalue weighted by molar-refractivity contribution is -0.143. The molecule has 35 heavy (non-hydrogen) atoms. The smallest absolute Gasteiger partial charge is 0.262 e. The third kappa shape index (κ3) is 6.12. The van der Waals surface area contributed by atoms with Crippen LogP contribution in [0, 0.1) is 5.92 Å². The average molecular weight is 500 g/mol. The van der Waals surface area contributed by atoms with E-state index in [1.807, 2.05) is 68.1 Å². The van der Waals surface area contributed by atoms with Crippen LogP contribution in [0.5, 0.6) is 0 Å². The maximum Gasteiger partial charge on any atom is 0.262 e. The largest absolute Gasteiger partial charge is 0.379 e. The number of benzene rings is 1. The zero-order chi connectivity index (χ0) is 24.9. The molecule has 2 amide bonds. The molecule has 1 aromatic heterocycles. The molecule has 9 heteroatoms. The molecule has 0 unspecified atom stereocenters. The average Bonchev–Trinajstić information content (AvgIpc) is 3.48. The summed E-state index contributed by atoms with van der Waals surface area (Å²) >= 11 is 6.11. The van der Waals surface area contributed by atoms with Gasteiger partial charge >= 0.3 is 0 Å². The van der Waals surface area contributed by atoms with Crippen molar-refractivity contribution in [3.8, 4) is 0 Å². The summed E-state index contributed by atoms with van der Waals surface area (Å²) in [6.07, 6.45) is 2.56. The molecule has 8 nitrogen and oxygen atoms in total. The Balaban J connectivity index is 1.55. The molecule has 0 radical (unpaired) electrons. The van der Waals surface area contributed by atoms with Crippen LogP contribution in [-0.4, -0.2) is 82.8 Å². The van der Waals surface area contributed by atoms with Crippen molar-refractivity contribution in [2.45, 2.75) is 26.3 Å². The maximum atomic E-state index is 13.6. The molecule has 0 N–H and O–H groups in total. The summed E-state index contributed by atoms with van der Waals surface area (Å²) in [5, 5.41) is 6.96. The van der Waals surface area contributed by atoms with Gasteiger partial charge in [0.1, 0.15) is 6.54 Å². The number of rotatable bonds is 8. The Bertz CT molecular complexity index is 1060. The summed E-state index contributed by atoms with van der Waals surface area (Å²) in [5.41, 5.74) is 2.79. The van der Waals surface area contributed by atoms with E-state index in [1.165, 1.54) is 0 Å². The summed E-state index contributed by atoms with van der Waals surface area (Å²) < 4.78 is 7.43. The number of nitrogens with zero attached hydrogens (tertiary/aromatic N) is 5. The van der Waals surface area contributed by atoms with E-state index in [-0.39, 0.29) is 30.3 Å². The zero-order valence-corrected chi connectivity index (χ0v) is 21.4. The zero-order valence-electron chi connectivity index (χ0n) is 20.7. The summed E-state index contributed by atoms with van der Waals surface area (Å²) in [6.45, 7) is 8.02.